The van der Waals surface area contributed by atoms with Gasteiger partial charge in [0.05, 0.1) is 37.6 Å². The average Bonchev–Trinajstić information content (AvgIpc) is 2.58. The molecule has 1 fully saturated rings. The van der Waals surface area contributed by atoms with Gasteiger partial charge in [0.15, 0.2) is 11.7 Å². The highest BCUT2D eigenvalue weighted by atomic mass is 35.5. The Morgan fingerprint density at radius 3 is 2.71 bits per heavy atom. The Morgan fingerprint density at radius 2 is 2.00 bits per heavy atom. The number of benzene rings is 1. The first-order valence-electron chi connectivity index (χ1n) is 7.87. The summed E-state index contributed by atoms with van der Waals surface area (Å²) in [6.45, 7) is 3.36. The molecule has 24 heavy (non-hydrogen) atoms. The molecule has 2 N–H and O–H groups in total. The van der Waals surface area contributed by atoms with E-state index >= 15 is 0 Å². The molecule has 0 unspecified atom stereocenters. The second-order valence-electron chi connectivity index (χ2n) is 5.76. The van der Waals surface area contributed by atoms with Crippen molar-refractivity contribution in [3.63, 3.8) is 0 Å². The van der Waals surface area contributed by atoms with Crippen LogP contribution in [0.4, 0.5) is 15.8 Å². The summed E-state index contributed by atoms with van der Waals surface area (Å²) in [5.41, 5.74) is 1.15. The Balaban J connectivity index is 1.51. The molecular formula is C17H19ClFN4O+. The number of nitrogens with one attached hydrogen (secondary N) is 2. The van der Waals surface area contributed by atoms with Crippen LogP contribution in [0.2, 0.25) is 5.15 Å². The number of quaternary nitrogens is 1. The number of pyridine rings is 1. The van der Waals surface area contributed by atoms with Crippen molar-refractivity contribution in [1.82, 2.24) is 4.98 Å². The van der Waals surface area contributed by atoms with Crippen molar-refractivity contribution < 1.29 is 14.1 Å². The Bertz CT molecular complexity index is 719. The standard InChI is InChI=1S/C17H18ClFN4O/c18-17-14(5-3-7-20-17)21-16(24)12-22-8-10-23(11-9-22)15-6-2-1-4-13(15)19/h1-7H,8-12H2,(H,21,24)/p+1. The van der Waals surface area contributed by atoms with Gasteiger partial charge in [0.25, 0.3) is 5.91 Å². The second-order valence-corrected chi connectivity index (χ2v) is 6.11. The zero-order valence-electron chi connectivity index (χ0n) is 13.1. The first-order valence-corrected chi connectivity index (χ1v) is 8.24. The molecule has 2 heterocycles. The number of para-hydroxylation sites is 1. The van der Waals surface area contributed by atoms with E-state index in [4.69, 9.17) is 11.6 Å². The third-order valence-electron chi connectivity index (χ3n) is 4.11. The molecule has 5 nitrogen and oxygen atoms in total. The summed E-state index contributed by atoms with van der Waals surface area (Å²) in [6.07, 6.45) is 1.57. The summed E-state index contributed by atoms with van der Waals surface area (Å²) < 4.78 is 13.8. The van der Waals surface area contributed by atoms with Gasteiger partial charge in [-0.05, 0) is 24.3 Å². The van der Waals surface area contributed by atoms with Crippen LogP contribution < -0.4 is 15.1 Å². The fourth-order valence-corrected chi connectivity index (χ4v) is 3.02. The van der Waals surface area contributed by atoms with Crippen LogP contribution in [0.15, 0.2) is 42.6 Å². The lowest BCUT2D eigenvalue weighted by atomic mass is 10.2. The van der Waals surface area contributed by atoms with Crippen LogP contribution in [0.25, 0.3) is 0 Å². The summed E-state index contributed by atoms with van der Waals surface area (Å²) in [7, 11) is 0. The average molecular weight is 350 g/mol. The van der Waals surface area contributed by atoms with Crippen LogP contribution in [-0.2, 0) is 4.79 Å². The van der Waals surface area contributed by atoms with Gasteiger partial charge in [0.1, 0.15) is 5.82 Å². The molecule has 0 spiro atoms. The van der Waals surface area contributed by atoms with E-state index in [0.29, 0.717) is 17.9 Å². The molecule has 0 bridgehead atoms. The second kappa shape index (κ2) is 7.59. The van der Waals surface area contributed by atoms with Crippen LogP contribution in [0.5, 0.6) is 0 Å². The monoisotopic (exact) mass is 349 g/mol. The lowest BCUT2D eigenvalue weighted by Crippen LogP contribution is -3.15. The summed E-state index contributed by atoms with van der Waals surface area (Å²) >= 11 is 5.94. The lowest BCUT2D eigenvalue weighted by Gasteiger charge is -2.33. The SMILES string of the molecule is O=C(C[NH+]1CCN(c2ccccc2F)CC1)Nc1cccnc1Cl. The minimum absolute atomic E-state index is 0.0979. The number of amides is 1. The number of anilines is 2. The van der Waals surface area contributed by atoms with Crippen LogP contribution >= 0.6 is 11.6 Å². The molecule has 2 aromatic rings. The highest BCUT2D eigenvalue weighted by Gasteiger charge is 2.23. The van der Waals surface area contributed by atoms with Crippen LogP contribution in [0.3, 0.4) is 0 Å². The van der Waals surface area contributed by atoms with Gasteiger partial charge in [0.2, 0.25) is 0 Å². The van der Waals surface area contributed by atoms with Crippen molar-refractivity contribution in [2.24, 2.45) is 0 Å². The minimum Gasteiger partial charge on any atom is -0.358 e. The van der Waals surface area contributed by atoms with Crippen LogP contribution in [0, 0.1) is 5.82 Å². The number of halogens is 2. The van der Waals surface area contributed by atoms with E-state index in [2.05, 4.69) is 10.3 Å². The zero-order chi connectivity index (χ0) is 16.9. The first-order chi connectivity index (χ1) is 11.6. The molecule has 1 aliphatic rings. The molecule has 1 aliphatic heterocycles. The maximum atomic E-state index is 13.8. The van der Waals surface area contributed by atoms with Crippen molar-refractivity contribution in [3.8, 4) is 0 Å². The van der Waals surface area contributed by atoms with E-state index in [-0.39, 0.29) is 16.9 Å². The predicted octanol–water partition coefficient (Wildman–Crippen LogP) is 1.22. The molecule has 1 amide bonds. The molecule has 3 rings (SSSR count). The summed E-state index contributed by atoms with van der Waals surface area (Å²) in [6, 6.07) is 10.2. The van der Waals surface area contributed by atoms with Gasteiger partial charge in [-0.2, -0.15) is 0 Å². The number of carbonyl (C=O) groups is 1. The van der Waals surface area contributed by atoms with Crippen LogP contribution in [-0.4, -0.2) is 43.6 Å². The van der Waals surface area contributed by atoms with Crippen LogP contribution in [0.1, 0.15) is 0 Å². The highest BCUT2D eigenvalue weighted by molar-refractivity contribution is 6.32. The number of piperazine rings is 1. The summed E-state index contributed by atoms with van der Waals surface area (Å²) in [4.78, 5) is 19.3. The lowest BCUT2D eigenvalue weighted by molar-refractivity contribution is -0.892. The molecule has 7 heteroatoms. The number of rotatable bonds is 4. The van der Waals surface area contributed by atoms with Crippen molar-refractivity contribution >= 4 is 28.9 Å². The molecule has 0 atom stereocenters. The van der Waals surface area contributed by atoms with Gasteiger partial charge in [0, 0.05) is 6.20 Å². The Morgan fingerprint density at radius 1 is 1.25 bits per heavy atom. The van der Waals surface area contributed by atoms with Crippen molar-refractivity contribution in [3.05, 3.63) is 53.6 Å². The maximum absolute atomic E-state index is 13.8. The molecular weight excluding hydrogens is 331 g/mol. The van der Waals surface area contributed by atoms with Gasteiger partial charge in [-0.1, -0.05) is 23.7 Å². The number of aromatic nitrogens is 1. The molecule has 126 valence electrons. The van der Waals surface area contributed by atoms with Crippen molar-refractivity contribution in [1.29, 1.82) is 0 Å². The zero-order valence-corrected chi connectivity index (χ0v) is 13.9. The molecule has 1 aromatic carbocycles. The first kappa shape index (κ1) is 16.7. The summed E-state index contributed by atoms with van der Waals surface area (Å²) in [5.74, 6) is -0.302. The third-order valence-corrected chi connectivity index (χ3v) is 4.41. The van der Waals surface area contributed by atoms with Gasteiger partial charge in [-0.3, -0.25) is 4.79 Å². The fourth-order valence-electron chi connectivity index (χ4n) is 2.85. The van der Waals surface area contributed by atoms with E-state index < -0.39 is 0 Å². The normalized spacial score (nSPS) is 15.3. The molecule has 0 aliphatic carbocycles. The van der Waals surface area contributed by atoms with E-state index in [9.17, 15) is 9.18 Å². The highest BCUT2D eigenvalue weighted by Crippen LogP contribution is 2.18. The number of nitrogens with zero attached hydrogens (tertiary/aromatic N) is 2. The smallest absolute Gasteiger partial charge is 0.279 e. The predicted molar refractivity (Wildman–Crippen MR) is 92.1 cm³/mol. The van der Waals surface area contributed by atoms with Gasteiger partial charge < -0.3 is 15.1 Å². The van der Waals surface area contributed by atoms with Crippen molar-refractivity contribution in [2.45, 2.75) is 0 Å². The van der Waals surface area contributed by atoms with E-state index in [1.807, 2.05) is 11.0 Å². The number of hydrogen-bond acceptors (Lipinski definition) is 3. The minimum atomic E-state index is -0.204. The Labute approximate surface area is 145 Å². The third kappa shape index (κ3) is 4.01. The maximum Gasteiger partial charge on any atom is 0.279 e. The summed E-state index contributed by atoms with van der Waals surface area (Å²) in [5, 5.41) is 3.06. The van der Waals surface area contributed by atoms with E-state index in [1.165, 1.54) is 11.0 Å². The largest absolute Gasteiger partial charge is 0.358 e. The Hall–Kier alpha value is -2.18. The molecule has 0 saturated carbocycles. The van der Waals surface area contributed by atoms with Crippen molar-refractivity contribution in [2.75, 3.05) is 42.9 Å². The number of hydrogen-bond donors (Lipinski definition) is 2. The van der Waals surface area contributed by atoms with Gasteiger partial charge in [-0.15, -0.1) is 0 Å². The quantitative estimate of drug-likeness (QED) is 0.816. The molecule has 1 saturated heterocycles. The fraction of sp³-hybridized carbons (Fsp3) is 0.294. The van der Waals surface area contributed by atoms with Gasteiger partial charge >= 0.3 is 0 Å². The Kier molecular flexibility index (Phi) is 5.27. The topological polar surface area (TPSA) is 49.7 Å². The molecule has 0 radical (unpaired) electrons. The van der Waals surface area contributed by atoms with E-state index in [1.54, 1.807) is 30.5 Å². The van der Waals surface area contributed by atoms with E-state index in [0.717, 1.165) is 26.2 Å². The number of carbonyl (C=O) groups excluding carboxylic acids is 1. The van der Waals surface area contributed by atoms with Gasteiger partial charge in [-0.25, -0.2) is 9.37 Å². The molecule has 1 aromatic heterocycles.